The molecule has 1 fully saturated rings. The van der Waals surface area contributed by atoms with E-state index in [1.165, 1.54) is 4.80 Å². The highest BCUT2D eigenvalue weighted by atomic mass is 16.5. The van der Waals surface area contributed by atoms with Crippen LogP contribution < -0.4 is 0 Å². The molecule has 0 N–H and O–H groups in total. The van der Waals surface area contributed by atoms with E-state index in [2.05, 4.69) is 15.2 Å². The molecule has 1 aliphatic rings. The summed E-state index contributed by atoms with van der Waals surface area (Å²) in [7, 11) is 0. The van der Waals surface area contributed by atoms with Crippen molar-refractivity contribution in [2.75, 3.05) is 13.1 Å². The minimum Gasteiger partial charge on any atom is -0.370 e. The Morgan fingerprint density at radius 1 is 1.12 bits per heavy atom. The van der Waals surface area contributed by atoms with Gasteiger partial charge in [-0.3, -0.25) is 9.78 Å². The van der Waals surface area contributed by atoms with Crippen LogP contribution in [0.5, 0.6) is 0 Å². The fourth-order valence-corrected chi connectivity index (χ4v) is 3.18. The lowest BCUT2D eigenvalue weighted by atomic mass is 10.1. The Hall–Kier alpha value is -2.80. The number of hydrogen-bond donors (Lipinski definition) is 0. The van der Waals surface area contributed by atoms with Crippen molar-refractivity contribution in [2.45, 2.75) is 32.1 Å². The van der Waals surface area contributed by atoms with Crippen LogP contribution >= 0.6 is 0 Å². The summed E-state index contributed by atoms with van der Waals surface area (Å²) >= 11 is 0. The first-order valence-corrected chi connectivity index (χ1v) is 8.87. The van der Waals surface area contributed by atoms with E-state index in [-0.39, 0.29) is 18.6 Å². The SMILES string of the molecule is O=C(Cn1nc2ccccc2n1)N1CCC[C@@H](OCc2ccccn2)C1. The summed E-state index contributed by atoms with van der Waals surface area (Å²) in [4.78, 5) is 20.2. The molecular weight excluding hydrogens is 330 g/mol. The largest absolute Gasteiger partial charge is 0.370 e. The number of nitrogens with zero attached hydrogens (tertiary/aromatic N) is 5. The summed E-state index contributed by atoms with van der Waals surface area (Å²) in [6.45, 7) is 1.98. The Kier molecular flexibility index (Phi) is 4.88. The van der Waals surface area contributed by atoms with Crippen LogP contribution in [-0.2, 0) is 22.7 Å². The van der Waals surface area contributed by atoms with Crippen LogP contribution in [0.2, 0.25) is 0 Å². The quantitative estimate of drug-likeness (QED) is 0.703. The highest BCUT2D eigenvalue weighted by Gasteiger charge is 2.24. The average Bonchev–Trinajstić information content (AvgIpc) is 3.09. The third-order valence-electron chi connectivity index (χ3n) is 4.53. The van der Waals surface area contributed by atoms with Crippen LogP contribution in [0.3, 0.4) is 0 Å². The van der Waals surface area contributed by atoms with Crippen molar-refractivity contribution >= 4 is 16.9 Å². The van der Waals surface area contributed by atoms with Crippen LogP contribution in [-0.4, -0.2) is 50.0 Å². The third kappa shape index (κ3) is 3.88. The number of rotatable bonds is 5. The molecule has 1 saturated heterocycles. The Bertz CT molecular complexity index is 847. The topological polar surface area (TPSA) is 73.1 Å². The molecule has 1 aromatic carbocycles. The number of carbonyl (C=O) groups excluding carboxylic acids is 1. The zero-order valence-electron chi connectivity index (χ0n) is 14.5. The molecule has 134 valence electrons. The molecule has 0 spiro atoms. The van der Waals surface area contributed by atoms with E-state index >= 15 is 0 Å². The van der Waals surface area contributed by atoms with Crippen molar-refractivity contribution in [3.63, 3.8) is 0 Å². The van der Waals surface area contributed by atoms with Crippen LogP contribution in [0.1, 0.15) is 18.5 Å². The predicted octanol–water partition coefficient (Wildman–Crippen LogP) is 2.03. The highest BCUT2D eigenvalue weighted by molar-refractivity contribution is 5.77. The second kappa shape index (κ2) is 7.61. The fourth-order valence-electron chi connectivity index (χ4n) is 3.18. The Morgan fingerprint density at radius 2 is 1.88 bits per heavy atom. The summed E-state index contributed by atoms with van der Waals surface area (Å²) in [6, 6.07) is 13.4. The van der Waals surface area contributed by atoms with Crippen molar-refractivity contribution in [2.24, 2.45) is 0 Å². The van der Waals surface area contributed by atoms with Crippen molar-refractivity contribution in [1.82, 2.24) is 24.9 Å². The zero-order valence-corrected chi connectivity index (χ0v) is 14.5. The lowest BCUT2D eigenvalue weighted by Gasteiger charge is -2.32. The van der Waals surface area contributed by atoms with E-state index in [1.54, 1.807) is 6.20 Å². The zero-order chi connectivity index (χ0) is 17.8. The molecule has 4 rings (SSSR count). The standard InChI is InChI=1S/C19H21N5O2/c25-19(13-24-21-17-8-1-2-9-18(17)22-24)23-11-5-7-16(12-23)26-14-15-6-3-4-10-20-15/h1-4,6,8-10,16H,5,7,11-14H2/t16-/m1/s1. The Labute approximate surface area is 151 Å². The predicted molar refractivity (Wildman–Crippen MR) is 96.2 cm³/mol. The lowest BCUT2D eigenvalue weighted by Crippen LogP contribution is -2.44. The van der Waals surface area contributed by atoms with Gasteiger partial charge in [0.15, 0.2) is 0 Å². The smallest absolute Gasteiger partial charge is 0.246 e. The number of aromatic nitrogens is 4. The molecule has 1 aliphatic heterocycles. The fraction of sp³-hybridized carbons (Fsp3) is 0.368. The third-order valence-corrected chi connectivity index (χ3v) is 4.53. The van der Waals surface area contributed by atoms with Gasteiger partial charge in [0.1, 0.15) is 17.6 Å². The molecule has 3 heterocycles. The molecule has 7 heteroatoms. The maximum atomic E-state index is 12.6. The van der Waals surface area contributed by atoms with E-state index in [1.807, 2.05) is 47.4 Å². The van der Waals surface area contributed by atoms with Crippen LogP contribution in [0.4, 0.5) is 0 Å². The first-order valence-electron chi connectivity index (χ1n) is 8.87. The summed E-state index contributed by atoms with van der Waals surface area (Å²) in [5.74, 6) is 0.0245. The number of carbonyl (C=O) groups is 1. The van der Waals surface area contributed by atoms with Crippen molar-refractivity contribution < 1.29 is 9.53 Å². The molecule has 0 bridgehead atoms. The van der Waals surface area contributed by atoms with Gasteiger partial charge in [-0.2, -0.15) is 15.0 Å². The average molecular weight is 351 g/mol. The van der Waals surface area contributed by atoms with Crippen molar-refractivity contribution in [3.8, 4) is 0 Å². The molecule has 0 radical (unpaired) electrons. The molecule has 0 aliphatic carbocycles. The Morgan fingerprint density at radius 3 is 2.62 bits per heavy atom. The van der Waals surface area contributed by atoms with Crippen LogP contribution in [0.15, 0.2) is 48.7 Å². The first kappa shape index (κ1) is 16.7. The van der Waals surface area contributed by atoms with E-state index in [0.717, 1.165) is 36.1 Å². The number of hydrogen-bond acceptors (Lipinski definition) is 5. The molecule has 0 saturated carbocycles. The first-order chi connectivity index (χ1) is 12.8. The molecule has 26 heavy (non-hydrogen) atoms. The summed E-state index contributed by atoms with van der Waals surface area (Å²) in [5, 5.41) is 8.72. The number of likely N-dealkylation sites (tertiary alicyclic amines) is 1. The van der Waals surface area contributed by atoms with Gasteiger partial charge in [0.25, 0.3) is 0 Å². The lowest BCUT2D eigenvalue weighted by molar-refractivity contribution is -0.136. The molecule has 1 amide bonds. The number of amides is 1. The van der Waals surface area contributed by atoms with Gasteiger partial charge < -0.3 is 9.64 Å². The van der Waals surface area contributed by atoms with Gasteiger partial charge in [-0.1, -0.05) is 18.2 Å². The summed E-state index contributed by atoms with van der Waals surface area (Å²) < 4.78 is 5.95. The van der Waals surface area contributed by atoms with Crippen LogP contribution in [0, 0.1) is 0 Å². The second-order valence-corrected chi connectivity index (χ2v) is 6.46. The molecule has 3 aromatic rings. The summed E-state index contributed by atoms with van der Waals surface area (Å²) in [5.41, 5.74) is 2.51. The van der Waals surface area contributed by atoms with E-state index in [0.29, 0.717) is 13.2 Å². The Balaban J connectivity index is 1.33. The van der Waals surface area contributed by atoms with E-state index in [4.69, 9.17) is 4.74 Å². The van der Waals surface area contributed by atoms with Crippen LogP contribution in [0.25, 0.3) is 11.0 Å². The highest BCUT2D eigenvalue weighted by Crippen LogP contribution is 2.15. The van der Waals surface area contributed by atoms with Crippen molar-refractivity contribution in [1.29, 1.82) is 0 Å². The van der Waals surface area contributed by atoms with E-state index in [9.17, 15) is 4.79 Å². The minimum absolute atomic E-state index is 0.0245. The van der Waals surface area contributed by atoms with Gasteiger partial charge in [0.2, 0.25) is 5.91 Å². The van der Waals surface area contributed by atoms with E-state index < -0.39 is 0 Å². The molecule has 1 atom stereocenters. The number of ether oxygens (including phenoxy) is 1. The molecule has 7 nitrogen and oxygen atoms in total. The maximum absolute atomic E-state index is 12.6. The molecular formula is C19H21N5O2. The van der Waals surface area contributed by atoms with Gasteiger partial charge in [-0.25, -0.2) is 0 Å². The van der Waals surface area contributed by atoms with Crippen molar-refractivity contribution in [3.05, 3.63) is 54.4 Å². The minimum atomic E-state index is 0.0245. The van der Waals surface area contributed by atoms with Gasteiger partial charge in [0.05, 0.1) is 18.4 Å². The van der Waals surface area contributed by atoms with Gasteiger partial charge in [-0.15, -0.1) is 0 Å². The summed E-state index contributed by atoms with van der Waals surface area (Å²) in [6.07, 6.45) is 3.70. The van der Waals surface area contributed by atoms with Gasteiger partial charge in [-0.05, 0) is 37.1 Å². The maximum Gasteiger partial charge on any atom is 0.246 e. The number of piperidine rings is 1. The molecule has 0 unspecified atom stereocenters. The number of fused-ring (bicyclic) bond motifs is 1. The molecule has 2 aromatic heterocycles. The second-order valence-electron chi connectivity index (χ2n) is 6.46. The van der Waals surface area contributed by atoms with Gasteiger partial charge >= 0.3 is 0 Å². The normalized spacial score (nSPS) is 17.5. The number of benzene rings is 1. The number of pyridine rings is 1. The van der Waals surface area contributed by atoms with Gasteiger partial charge in [0, 0.05) is 19.3 Å². The monoisotopic (exact) mass is 351 g/mol.